The van der Waals surface area contributed by atoms with E-state index in [2.05, 4.69) is 0 Å². The molecular formula is C12H20O8. The molecule has 1 aromatic carbocycles. The van der Waals surface area contributed by atoms with Gasteiger partial charge in [-0.25, -0.2) is 0 Å². The molecule has 1 saturated heterocycles. The molecule has 0 saturated carbocycles. The van der Waals surface area contributed by atoms with Crippen LogP contribution in [-0.4, -0.2) is 68.7 Å². The van der Waals surface area contributed by atoms with Gasteiger partial charge in [-0.1, -0.05) is 18.2 Å². The van der Waals surface area contributed by atoms with Crippen LogP contribution in [0.2, 0.25) is 0 Å². The first-order valence-corrected chi connectivity index (χ1v) is 5.65. The predicted molar refractivity (Wildman–Crippen MR) is 68.1 cm³/mol. The van der Waals surface area contributed by atoms with Gasteiger partial charge in [-0.05, 0) is 12.1 Å². The minimum atomic E-state index is -1.43. The lowest BCUT2D eigenvalue weighted by atomic mass is 9.99. The summed E-state index contributed by atoms with van der Waals surface area (Å²) in [6, 6.07) is 8.64. The molecule has 2 rings (SSSR count). The summed E-state index contributed by atoms with van der Waals surface area (Å²) >= 11 is 0. The van der Waals surface area contributed by atoms with Gasteiger partial charge in [-0.3, -0.25) is 0 Å². The van der Waals surface area contributed by atoms with Crippen LogP contribution in [0.5, 0.6) is 5.75 Å². The van der Waals surface area contributed by atoms with Crippen LogP contribution >= 0.6 is 0 Å². The second-order valence-corrected chi connectivity index (χ2v) is 4.13. The van der Waals surface area contributed by atoms with Gasteiger partial charge in [0.1, 0.15) is 30.2 Å². The number of hydrogen-bond donors (Lipinski definition) is 4. The Kier molecular flexibility index (Phi) is 7.61. The van der Waals surface area contributed by atoms with E-state index >= 15 is 0 Å². The van der Waals surface area contributed by atoms with Gasteiger partial charge >= 0.3 is 0 Å². The molecule has 1 aliphatic rings. The molecule has 0 amide bonds. The minimum absolute atomic E-state index is 0. The zero-order valence-corrected chi connectivity index (χ0v) is 10.6. The quantitative estimate of drug-likeness (QED) is 0.470. The lowest BCUT2D eigenvalue weighted by molar-refractivity contribution is -0.277. The van der Waals surface area contributed by atoms with E-state index in [0.29, 0.717) is 5.75 Å². The second-order valence-electron chi connectivity index (χ2n) is 4.13. The van der Waals surface area contributed by atoms with Gasteiger partial charge in [0, 0.05) is 0 Å². The molecule has 8 N–H and O–H groups in total. The molecule has 1 aromatic rings. The summed E-state index contributed by atoms with van der Waals surface area (Å²) in [5, 5.41) is 37.9. The SMILES string of the molecule is O.O.OC[C@H]1O[C@@H](Oc2ccccc2)[C@H](O)[C@@H](O)[C@@H]1O. The molecule has 0 radical (unpaired) electrons. The molecule has 0 spiro atoms. The summed E-state index contributed by atoms with van der Waals surface area (Å²) in [6.45, 7) is -0.473. The molecule has 1 aliphatic heterocycles. The fourth-order valence-corrected chi connectivity index (χ4v) is 1.80. The number of para-hydroxylation sites is 1. The maximum atomic E-state index is 9.74. The van der Waals surface area contributed by atoms with E-state index in [-0.39, 0.29) is 11.0 Å². The smallest absolute Gasteiger partial charge is 0.229 e. The van der Waals surface area contributed by atoms with Crippen molar-refractivity contribution in [1.82, 2.24) is 0 Å². The number of rotatable bonds is 3. The Hall–Kier alpha value is -1.26. The van der Waals surface area contributed by atoms with Gasteiger partial charge in [0.15, 0.2) is 0 Å². The molecule has 1 heterocycles. The van der Waals surface area contributed by atoms with Crippen LogP contribution in [0.4, 0.5) is 0 Å². The average molecular weight is 292 g/mol. The van der Waals surface area contributed by atoms with Crippen molar-refractivity contribution in [2.24, 2.45) is 0 Å². The van der Waals surface area contributed by atoms with Gasteiger partial charge in [0.25, 0.3) is 0 Å². The van der Waals surface area contributed by atoms with Gasteiger partial charge < -0.3 is 40.9 Å². The van der Waals surface area contributed by atoms with E-state index in [1.54, 1.807) is 30.3 Å². The Morgan fingerprint density at radius 3 is 2.10 bits per heavy atom. The highest BCUT2D eigenvalue weighted by atomic mass is 16.7. The van der Waals surface area contributed by atoms with Crippen molar-refractivity contribution >= 4 is 0 Å². The lowest BCUT2D eigenvalue weighted by Crippen LogP contribution is -2.60. The first kappa shape index (κ1) is 18.7. The molecule has 0 aromatic heterocycles. The van der Waals surface area contributed by atoms with Gasteiger partial charge in [0.2, 0.25) is 6.29 Å². The Morgan fingerprint density at radius 1 is 0.950 bits per heavy atom. The van der Waals surface area contributed by atoms with Gasteiger partial charge in [-0.15, -0.1) is 0 Å². The lowest BCUT2D eigenvalue weighted by Gasteiger charge is -2.39. The first-order chi connectivity index (χ1) is 8.63. The summed E-state index contributed by atoms with van der Waals surface area (Å²) in [5.41, 5.74) is 0. The number of aliphatic hydroxyl groups is 4. The van der Waals surface area contributed by atoms with Crippen LogP contribution in [0, 0.1) is 0 Å². The third-order valence-corrected chi connectivity index (χ3v) is 2.84. The highest BCUT2D eigenvalue weighted by Gasteiger charge is 2.44. The van der Waals surface area contributed by atoms with E-state index in [4.69, 9.17) is 14.6 Å². The van der Waals surface area contributed by atoms with Crippen LogP contribution in [0.1, 0.15) is 0 Å². The molecule has 0 aliphatic carbocycles. The van der Waals surface area contributed by atoms with Crippen molar-refractivity contribution in [2.75, 3.05) is 6.61 Å². The van der Waals surface area contributed by atoms with E-state index in [1.165, 1.54) is 0 Å². The Labute approximate surface area is 115 Å². The fraction of sp³-hybridized carbons (Fsp3) is 0.500. The van der Waals surface area contributed by atoms with Crippen molar-refractivity contribution in [2.45, 2.75) is 30.7 Å². The Bertz CT molecular complexity index is 371. The maximum absolute atomic E-state index is 9.74. The second kappa shape index (κ2) is 8.12. The van der Waals surface area contributed by atoms with Crippen molar-refractivity contribution < 1.29 is 40.9 Å². The molecule has 5 atom stereocenters. The predicted octanol–water partition coefficient (Wildman–Crippen LogP) is -2.78. The van der Waals surface area contributed by atoms with Crippen LogP contribution in [-0.2, 0) is 4.74 Å². The normalized spacial score (nSPS) is 32.7. The number of aliphatic hydroxyl groups excluding tert-OH is 4. The molecule has 0 bridgehead atoms. The van der Waals surface area contributed by atoms with Crippen LogP contribution in [0.25, 0.3) is 0 Å². The standard InChI is InChI=1S/C12H16O6.2H2O/c13-6-8-9(14)10(15)11(16)12(18-8)17-7-4-2-1-3-5-7;;/h1-5,8-16H,6H2;2*1H2/t8-,9-,10+,11-,12-;;/m1../s1. The molecule has 8 nitrogen and oxygen atoms in total. The van der Waals surface area contributed by atoms with Gasteiger partial charge in [0.05, 0.1) is 6.61 Å². The third-order valence-electron chi connectivity index (χ3n) is 2.84. The molecule has 1 fully saturated rings. The molecule has 0 unspecified atom stereocenters. The molecule has 8 heteroatoms. The van der Waals surface area contributed by atoms with Gasteiger partial charge in [-0.2, -0.15) is 0 Å². The summed E-state index contributed by atoms with van der Waals surface area (Å²) in [6.07, 6.45) is -6.28. The average Bonchev–Trinajstić information content (AvgIpc) is 2.40. The number of ether oxygens (including phenoxy) is 2. The Morgan fingerprint density at radius 2 is 1.55 bits per heavy atom. The Balaban J connectivity index is 0.00000180. The molecule has 20 heavy (non-hydrogen) atoms. The number of hydrogen-bond acceptors (Lipinski definition) is 6. The topological polar surface area (TPSA) is 162 Å². The summed E-state index contributed by atoms with van der Waals surface area (Å²) < 4.78 is 10.6. The third kappa shape index (κ3) is 3.87. The first-order valence-electron chi connectivity index (χ1n) is 5.65. The minimum Gasteiger partial charge on any atom is -0.462 e. The van der Waals surface area contributed by atoms with Crippen molar-refractivity contribution in [3.8, 4) is 5.75 Å². The summed E-state index contributed by atoms with van der Waals surface area (Å²) in [4.78, 5) is 0. The zero-order valence-electron chi connectivity index (χ0n) is 10.6. The maximum Gasteiger partial charge on any atom is 0.229 e. The van der Waals surface area contributed by atoms with E-state index < -0.39 is 37.3 Å². The summed E-state index contributed by atoms with van der Waals surface area (Å²) in [7, 11) is 0. The van der Waals surface area contributed by atoms with Crippen LogP contribution in [0.3, 0.4) is 0 Å². The van der Waals surface area contributed by atoms with E-state index in [0.717, 1.165) is 0 Å². The molecular weight excluding hydrogens is 272 g/mol. The van der Waals surface area contributed by atoms with Crippen LogP contribution in [0.15, 0.2) is 30.3 Å². The fourth-order valence-electron chi connectivity index (χ4n) is 1.80. The van der Waals surface area contributed by atoms with Crippen molar-refractivity contribution in [1.29, 1.82) is 0 Å². The monoisotopic (exact) mass is 292 g/mol. The zero-order chi connectivity index (χ0) is 13.1. The highest BCUT2D eigenvalue weighted by Crippen LogP contribution is 2.23. The summed E-state index contributed by atoms with van der Waals surface area (Å²) in [5.74, 6) is 0.460. The number of benzene rings is 1. The van der Waals surface area contributed by atoms with Crippen LogP contribution < -0.4 is 4.74 Å². The highest BCUT2D eigenvalue weighted by molar-refractivity contribution is 5.21. The molecule has 116 valence electrons. The van der Waals surface area contributed by atoms with Crippen molar-refractivity contribution in [3.63, 3.8) is 0 Å². The van der Waals surface area contributed by atoms with Crippen molar-refractivity contribution in [3.05, 3.63) is 30.3 Å². The van der Waals surface area contributed by atoms with E-state index in [1.807, 2.05) is 0 Å². The van der Waals surface area contributed by atoms with E-state index in [9.17, 15) is 15.3 Å². The largest absolute Gasteiger partial charge is 0.462 e.